The molecule has 7 nitrogen and oxygen atoms in total. The summed E-state index contributed by atoms with van der Waals surface area (Å²) in [5.41, 5.74) is 7.58. The van der Waals surface area contributed by atoms with Gasteiger partial charge < -0.3 is 11.1 Å². The standard InChI is InChI=1S/C16H19N5O2S/c17-15(22)12-2-1-7-21(10-12)9-11-3-5-13(6-4-11)19-16(23)14-8-18-24-20-14/h3-6,8,12H,1-2,7,9-10H2,(H2,17,22)(H,19,23)/t12-/m1/s1. The summed E-state index contributed by atoms with van der Waals surface area (Å²) in [7, 11) is 0. The Bertz CT molecular complexity index is 702. The van der Waals surface area contributed by atoms with E-state index in [1.165, 1.54) is 6.20 Å². The Kier molecular flexibility index (Phi) is 5.17. The maximum Gasteiger partial charge on any atom is 0.277 e. The van der Waals surface area contributed by atoms with Crippen molar-refractivity contribution in [2.24, 2.45) is 11.7 Å². The first kappa shape index (κ1) is 16.5. The zero-order valence-electron chi connectivity index (χ0n) is 13.1. The molecule has 0 spiro atoms. The van der Waals surface area contributed by atoms with Crippen LogP contribution in [0.2, 0.25) is 0 Å². The molecule has 1 aliphatic heterocycles. The van der Waals surface area contributed by atoms with Gasteiger partial charge in [-0.2, -0.15) is 8.75 Å². The van der Waals surface area contributed by atoms with Crippen molar-refractivity contribution < 1.29 is 9.59 Å². The van der Waals surface area contributed by atoms with Crippen LogP contribution in [0.1, 0.15) is 28.9 Å². The smallest absolute Gasteiger partial charge is 0.277 e. The molecule has 2 aromatic rings. The highest BCUT2D eigenvalue weighted by molar-refractivity contribution is 6.99. The van der Waals surface area contributed by atoms with E-state index in [4.69, 9.17) is 5.73 Å². The van der Waals surface area contributed by atoms with Gasteiger partial charge in [-0.25, -0.2) is 0 Å². The van der Waals surface area contributed by atoms with E-state index in [9.17, 15) is 9.59 Å². The largest absolute Gasteiger partial charge is 0.369 e. The second kappa shape index (κ2) is 7.50. The van der Waals surface area contributed by atoms with Gasteiger partial charge in [-0.15, -0.1) is 0 Å². The summed E-state index contributed by atoms with van der Waals surface area (Å²) in [6.45, 7) is 2.46. The number of aromatic nitrogens is 2. The van der Waals surface area contributed by atoms with Crippen LogP contribution in [0.3, 0.4) is 0 Å². The number of hydrogen-bond acceptors (Lipinski definition) is 6. The van der Waals surface area contributed by atoms with Gasteiger partial charge in [-0.05, 0) is 37.1 Å². The lowest BCUT2D eigenvalue weighted by atomic mass is 9.97. The molecule has 0 bridgehead atoms. The monoisotopic (exact) mass is 345 g/mol. The van der Waals surface area contributed by atoms with Crippen LogP contribution in [0.4, 0.5) is 5.69 Å². The van der Waals surface area contributed by atoms with Crippen LogP contribution in [-0.4, -0.2) is 38.6 Å². The molecule has 2 amide bonds. The highest BCUT2D eigenvalue weighted by Crippen LogP contribution is 2.19. The lowest BCUT2D eigenvalue weighted by molar-refractivity contribution is -0.123. The molecule has 24 heavy (non-hydrogen) atoms. The Morgan fingerprint density at radius 2 is 2.12 bits per heavy atom. The van der Waals surface area contributed by atoms with Crippen molar-refractivity contribution in [2.75, 3.05) is 18.4 Å². The van der Waals surface area contributed by atoms with Crippen molar-refractivity contribution in [3.8, 4) is 0 Å². The summed E-state index contributed by atoms with van der Waals surface area (Å²) in [5, 5.41) is 2.79. The molecule has 0 radical (unpaired) electrons. The minimum absolute atomic E-state index is 0.0518. The number of nitrogens with two attached hydrogens (primary N) is 1. The van der Waals surface area contributed by atoms with Crippen molar-refractivity contribution in [2.45, 2.75) is 19.4 Å². The van der Waals surface area contributed by atoms with Crippen LogP contribution < -0.4 is 11.1 Å². The quantitative estimate of drug-likeness (QED) is 0.855. The molecule has 1 aromatic heterocycles. The van der Waals surface area contributed by atoms with Crippen LogP contribution in [0.15, 0.2) is 30.5 Å². The van der Waals surface area contributed by atoms with E-state index < -0.39 is 0 Å². The van der Waals surface area contributed by atoms with Crippen molar-refractivity contribution in [1.82, 2.24) is 13.6 Å². The number of likely N-dealkylation sites (tertiary alicyclic amines) is 1. The molecule has 1 atom stereocenters. The van der Waals surface area contributed by atoms with Crippen LogP contribution in [0.5, 0.6) is 0 Å². The second-order valence-electron chi connectivity index (χ2n) is 5.92. The van der Waals surface area contributed by atoms with Crippen LogP contribution in [0, 0.1) is 5.92 Å². The van der Waals surface area contributed by atoms with Crippen molar-refractivity contribution in [3.63, 3.8) is 0 Å². The SMILES string of the molecule is NC(=O)[C@@H]1CCCN(Cc2ccc(NC(=O)c3cnsn3)cc2)C1. The lowest BCUT2D eigenvalue weighted by Gasteiger charge is -2.31. The summed E-state index contributed by atoms with van der Waals surface area (Å²) >= 11 is 1.00. The Labute approximate surface area is 144 Å². The fraction of sp³-hybridized carbons (Fsp3) is 0.375. The first-order chi connectivity index (χ1) is 11.6. The van der Waals surface area contributed by atoms with E-state index in [2.05, 4.69) is 19.0 Å². The van der Waals surface area contributed by atoms with Gasteiger partial charge in [0.1, 0.15) is 0 Å². The zero-order valence-corrected chi connectivity index (χ0v) is 14.0. The second-order valence-corrected chi connectivity index (χ2v) is 6.48. The predicted octanol–water partition coefficient (Wildman–Crippen LogP) is 1.49. The molecule has 1 saturated heterocycles. The molecule has 1 aromatic carbocycles. The van der Waals surface area contributed by atoms with E-state index in [1.54, 1.807) is 0 Å². The normalized spacial score (nSPS) is 18.2. The Hall–Kier alpha value is -2.32. The molecule has 0 saturated carbocycles. The minimum Gasteiger partial charge on any atom is -0.369 e. The highest BCUT2D eigenvalue weighted by atomic mass is 32.1. The average molecular weight is 345 g/mol. The number of piperidine rings is 1. The van der Waals surface area contributed by atoms with E-state index in [0.29, 0.717) is 17.9 Å². The van der Waals surface area contributed by atoms with Gasteiger partial charge in [0.15, 0.2) is 5.69 Å². The Morgan fingerprint density at radius 1 is 1.33 bits per heavy atom. The molecule has 2 heterocycles. The van der Waals surface area contributed by atoms with E-state index in [-0.39, 0.29) is 17.7 Å². The number of carbonyl (C=O) groups excluding carboxylic acids is 2. The maximum absolute atomic E-state index is 11.9. The van der Waals surface area contributed by atoms with Gasteiger partial charge in [0, 0.05) is 18.8 Å². The van der Waals surface area contributed by atoms with Crippen LogP contribution in [0.25, 0.3) is 0 Å². The molecule has 3 N–H and O–H groups in total. The summed E-state index contributed by atoms with van der Waals surface area (Å²) in [6, 6.07) is 7.68. The summed E-state index contributed by atoms with van der Waals surface area (Å²) in [5.74, 6) is -0.532. The minimum atomic E-state index is -0.267. The summed E-state index contributed by atoms with van der Waals surface area (Å²) in [4.78, 5) is 25.5. The molecule has 0 aliphatic carbocycles. The fourth-order valence-electron chi connectivity index (χ4n) is 2.84. The third-order valence-electron chi connectivity index (χ3n) is 4.12. The topological polar surface area (TPSA) is 101 Å². The number of nitrogens with zero attached hydrogens (tertiary/aromatic N) is 3. The van der Waals surface area contributed by atoms with Gasteiger partial charge in [0.05, 0.1) is 23.8 Å². The van der Waals surface area contributed by atoms with Gasteiger partial charge in [-0.1, -0.05) is 12.1 Å². The molecule has 0 unspecified atom stereocenters. The van der Waals surface area contributed by atoms with Gasteiger partial charge >= 0.3 is 0 Å². The molecule has 8 heteroatoms. The number of hydrogen-bond donors (Lipinski definition) is 2. The first-order valence-electron chi connectivity index (χ1n) is 7.81. The predicted molar refractivity (Wildman–Crippen MR) is 91.5 cm³/mol. The molecular formula is C16H19N5O2S. The molecular weight excluding hydrogens is 326 g/mol. The van der Waals surface area contributed by atoms with Crippen molar-refractivity contribution in [3.05, 3.63) is 41.7 Å². The molecule has 3 rings (SSSR count). The van der Waals surface area contributed by atoms with Gasteiger partial charge in [-0.3, -0.25) is 14.5 Å². The highest BCUT2D eigenvalue weighted by Gasteiger charge is 2.23. The number of primary amides is 1. The van der Waals surface area contributed by atoms with Crippen LogP contribution in [-0.2, 0) is 11.3 Å². The number of amides is 2. The summed E-state index contributed by atoms with van der Waals surface area (Å²) < 4.78 is 7.72. The molecule has 1 aliphatic rings. The van der Waals surface area contributed by atoms with E-state index in [0.717, 1.165) is 43.2 Å². The summed E-state index contributed by atoms with van der Waals surface area (Å²) in [6.07, 6.45) is 3.31. The number of benzene rings is 1. The van der Waals surface area contributed by atoms with E-state index in [1.807, 2.05) is 24.3 Å². The number of anilines is 1. The Balaban J connectivity index is 1.56. The third kappa shape index (κ3) is 4.15. The first-order valence-corrected chi connectivity index (χ1v) is 8.54. The number of carbonyl (C=O) groups is 2. The third-order valence-corrected chi connectivity index (χ3v) is 4.60. The Morgan fingerprint density at radius 3 is 2.79 bits per heavy atom. The fourth-order valence-corrected chi connectivity index (χ4v) is 3.26. The van der Waals surface area contributed by atoms with Crippen molar-refractivity contribution >= 4 is 29.2 Å². The molecule has 1 fully saturated rings. The zero-order chi connectivity index (χ0) is 16.9. The average Bonchev–Trinajstić information content (AvgIpc) is 3.11. The number of nitrogens with one attached hydrogen (secondary N) is 1. The number of rotatable bonds is 5. The van der Waals surface area contributed by atoms with Crippen LogP contribution >= 0.6 is 11.7 Å². The lowest BCUT2D eigenvalue weighted by Crippen LogP contribution is -2.40. The van der Waals surface area contributed by atoms with Crippen molar-refractivity contribution in [1.29, 1.82) is 0 Å². The van der Waals surface area contributed by atoms with Gasteiger partial charge in [0.25, 0.3) is 5.91 Å². The maximum atomic E-state index is 11.9. The molecule has 126 valence electrons. The van der Waals surface area contributed by atoms with Gasteiger partial charge in [0.2, 0.25) is 5.91 Å². The van der Waals surface area contributed by atoms with E-state index >= 15 is 0 Å².